The van der Waals surface area contributed by atoms with Crippen molar-refractivity contribution in [3.8, 4) is 0 Å². The highest BCUT2D eigenvalue weighted by Crippen LogP contribution is 2.38. The van der Waals surface area contributed by atoms with Crippen LogP contribution in [0.2, 0.25) is 0 Å². The molecule has 0 bridgehead atoms. The van der Waals surface area contributed by atoms with E-state index in [0.29, 0.717) is 12.1 Å². The fourth-order valence-corrected chi connectivity index (χ4v) is 4.80. The van der Waals surface area contributed by atoms with Gasteiger partial charge in [-0.25, -0.2) is 0 Å². The molecule has 1 aromatic carbocycles. The van der Waals surface area contributed by atoms with Crippen LogP contribution in [0.3, 0.4) is 0 Å². The highest BCUT2D eigenvalue weighted by molar-refractivity contribution is 5.94. The number of carbonyl (C=O) groups excluding carboxylic acids is 1. The number of hydrogen-bond acceptors (Lipinski definition) is 5. The molecule has 1 spiro atoms. The molecule has 1 amide bonds. The monoisotopic (exact) mass is 343 g/mol. The number of hydrogen-bond donors (Lipinski definition) is 0. The second-order valence-corrected chi connectivity index (χ2v) is 7.79. The summed E-state index contributed by atoms with van der Waals surface area (Å²) in [4.78, 5) is 20.2. The smallest absolute Gasteiger partial charge is 0.253 e. The number of carbonyl (C=O) groups is 1. The van der Waals surface area contributed by atoms with Crippen LogP contribution >= 0.6 is 0 Å². The minimum atomic E-state index is 0.0900. The van der Waals surface area contributed by atoms with Crippen LogP contribution in [-0.2, 0) is 9.47 Å². The van der Waals surface area contributed by atoms with E-state index in [1.807, 2.05) is 30.3 Å². The molecular weight excluding hydrogens is 318 g/mol. The van der Waals surface area contributed by atoms with Crippen molar-refractivity contribution in [2.45, 2.75) is 17.6 Å². The van der Waals surface area contributed by atoms with E-state index in [9.17, 15) is 4.79 Å². The lowest BCUT2D eigenvalue weighted by atomic mass is 9.81. The zero-order valence-electron chi connectivity index (χ0n) is 14.5. The van der Waals surface area contributed by atoms with Crippen molar-refractivity contribution in [1.29, 1.82) is 0 Å². The molecule has 134 valence electrons. The largest absolute Gasteiger partial charge is 0.378 e. The summed E-state index contributed by atoms with van der Waals surface area (Å²) in [6.07, 6.45) is 0. The van der Waals surface area contributed by atoms with Crippen molar-refractivity contribution < 1.29 is 14.3 Å². The molecule has 4 fully saturated rings. The molecule has 4 saturated heterocycles. The van der Waals surface area contributed by atoms with Gasteiger partial charge in [-0.3, -0.25) is 14.6 Å². The van der Waals surface area contributed by atoms with Crippen molar-refractivity contribution in [2.24, 2.45) is 0 Å². The summed E-state index contributed by atoms with van der Waals surface area (Å²) < 4.78 is 11.1. The number of nitrogens with zero attached hydrogens (tertiary/aromatic N) is 3. The van der Waals surface area contributed by atoms with Gasteiger partial charge in [0.2, 0.25) is 0 Å². The van der Waals surface area contributed by atoms with Gasteiger partial charge in [0, 0.05) is 38.3 Å². The van der Waals surface area contributed by atoms with E-state index in [2.05, 4.69) is 14.7 Å². The Bertz CT molecular complexity index is 643. The van der Waals surface area contributed by atoms with E-state index >= 15 is 0 Å². The number of morpholine rings is 1. The summed E-state index contributed by atoms with van der Waals surface area (Å²) in [6, 6.07) is 10.5. The standard InChI is InChI=1S/C19H25N3O3/c23-18(15-4-2-1-3-5-15)20-8-16-9-24-7-6-22(16)19(12-20)13-21(14-19)17-10-25-11-17/h1-5,16-17H,6-14H2/t16-/m1/s1. The minimum absolute atomic E-state index is 0.0900. The van der Waals surface area contributed by atoms with Crippen molar-refractivity contribution in [3.05, 3.63) is 35.9 Å². The van der Waals surface area contributed by atoms with Crippen LogP contribution < -0.4 is 0 Å². The average Bonchev–Trinajstić information content (AvgIpc) is 2.59. The van der Waals surface area contributed by atoms with Crippen LogP contribution in [-0.4, -0.2) is 97.4 Å². The summed E-state index contributed by atoms with van der Waals surface area (Å²) in [5, 5.41) is 0. The fraction of sp³-hybridized carbons (Fsp3) is 0.632. The summed E-state index contributed by atoms with van der Waals surface area (Å²) in [7, 11) is 0. The Balaban J connectivity index is 1.37. The number of fused-ring (bicyclic) bond motifs is 2. The molecular formula is C19H25N3O3. The Morgan fingerprint density at radius 1 is 1.00 bits per heavy atom. The Kier molecular flexibility index (Phi) is 3.82. The lowest BCUT2D eigenvalue weighted by Gasteiger charge is -2.65. The van der Waals surface area contributed by atoms with Crippen molar-refractivity contribution >= 4 is 5.91 Å². The molecule has 4 heterocycles. The molecule has 6 nitrogen and oxygen atoms in total. The maximum Gasteiger partial charge on any atom is 0.253 e. The minimum Gasteiger partial charge on any atom is -0.378 e. The SMILES string of the molecule is O=C(c1ccccc1)N1C[C@@H]2COCCN2C2(C1)CN(C1COC1)C2. The third kappa shape index (κ3) is 2.59. The summed E-state index contributed by atoms with van der Waals surface area (Å²) >= 11 is 0. The van der Waals surface area contributed by atoms with Crippen LogP contribution in [0.5, 0.6) is 0 Å². The van der Waals surface area contributed by atoms with E-state index in [1.165, 1.54) is 0 Å². The van der Waals surface area contributed by atoms with Crippen LogP contribution in [0.4, 0.5) is 0 Å². The molecule has 1 atom stereocenters. The molecule has 0 unspecified atom stereocenters. The highest BCUT2D eigenvalue weighted by atomic mass is 16.5. The molecule has 25 heavy (non-hydrogen) atoms. The third-order valence-corrected chi connectivity index (χ3v) is 6.19. The van der Waals surface area contributed by atoms with Crippen LogP contribution in [0, 0.1) is 0 Å². The number of amides is 1. The molecule has 0 aromatic heterocycles. The van der Waals surface area contributed by atoms with E-state index in [0.717, 1.165) is 64.7 Å². The molecule has 5 rings (SSSR count). The van der Waals surface area contributed by atoms with Gasteiger partial charge in [-0.2, -0.15) is 0 Å². The first-order chi connectivity index (χ1) is 12.3. The Morgan fingerprint density at radius 2 is 1.76 bits per heavy atom. The number of likely N-dealkylation sites (tertiary alicyclic amines) is 1. The van der Waals surface area contributed by atoms with E-state index < -0.39 is 0 Å². The first-order valence-corrected chi connectivity index (χ1v) is 9.26. The normalized spacial score (nSPS) is 29.8. The van der Waals surface area contributed by atoms with Gasteiger partial charge in [0.05, 0.1) is 44.1 Å². The van der Waals surface area contributed by atoms with Gasteiger partial charge in [0.15, 0.2) is 0 Å². The molecule has 0 radical (unpaired) electrons. The van der Waals surface area contributed by atoms with Gasteiger partial charge in [0.1, 0.15) is 0 Å². The van der Waals surface area contributed by atoms with Crippen molar-refractivity contribution in [1.82, 2.24) is 14.7 Å². The topological polar surface area (TPSA) is 45.2 Å². The van der Waals surface area contributed by atoms with E-state index in [-0.39, 0.29) is 11.4 Å². The molecule has 4 aliphatic rings. The number of piperazine rings is 1. The first-order valence-electron chi connectivity index (χ1n) is 9.26. The van der Waals surface area contributed by atoms with Crippen LogP contribution in [0.1, 0.15) is 10.4 Å². The molecule has 6 heteroatoms. The van der Waals surface area contributed by atoms with Gasteiger partial charge in [0.25, 0.3) is 5.91 Å². The van der Waals surface area contributed by atoms with Crippen molar-refractivity contribution in [2.75, 3.05) is 59.2 Å². The van der Waals surface area contributed by atoms with Gasteiger partial charge < -0.3 is 14.4 Å². The molecule has 0 saturated carbocycles. The zero-order valence-corrected chi connectivity index (χ0v) is 14.5. The lowest BCUT2D eigenvalue weighted by Crippen LogP contribution is -2.82. The van der Waals surface area contributed by atoms with Gasteiger partial charge >= 0.3 is 0 Å². The van der Waals surface area contributed by atoms with Crippen molar-refractivity contribution in [3.63, 3.8) is 0 Å². The highest BCUT2D eigenvalue weighted by Gasteiger charge is 2.56. The predicted molar refractivity (Wildman–Crippen MR) is 92.6 cm³/mol. The average molecular weight is 343 g/mol. The second-order valence-electron chi connectivity index (χ2n) is 7.79. The maximum absolute atomic E-state index is 13.0. The number of ether oxygens (including phenoxy) is 2. The number of rotatable bonds is 2. The lowest BCUT2D eigenvalue weighted by molar-refractivity contribution is -0.191. The molecule has 0 aliphatic carbocycles. The maximum atomic E-state index is 13.0. The quantitative estimate of drug-likeness (QED) is 0.773. The fourth-order valence-electron chi connectivity index (χ4n) is 4.80. The Morgan fingerprint density at radius 3 is 2.48 bits per heavy atom. The molecule has 1 aromatic rings. The Labute approximate surface area is 148 Å². The van der Waals surface area contributed by atoms with Gasteiger partial charge in [-0.1, -0.05) is 18.2 Å². The third-order valence-electron chi connectivity index (χ3n) is 6.19. The van der Waals surface area contributed by atoms with Gasteiger partial charge in [-0.15, -0.1) is 0 Å². The predicted octanol–water partition coefficient (Wildman–Crippen LogP) is 0.296. The summed E-state index contributed by atoms with van der Waals surface area (Å²) in [5.41, 5.74) is 0.874. The van der Waals surface area contributed by atoms with Crippen LogP contribution in [0.15, 0.2) is 30.3 Å². The second kappa shape index (κ2) is 6.06. The van der Waals surface area contributed by atoms with E-state index in [1.54, 1.807) is 0 Å². The van der Waals surface area contributed by atoms with E-state index in [4.69, 9.17) is 9.47 Å². The molecule has 4 aliphatic heterocycles. The Hall–Kier alpha value is -1.47. The summed E-state index contributed by atoms with van der Waals surface area (Å²) in [5.74, 6) is 0.149. The zero-order chi connectivity index (χ0) is 16.9. The first kappa shape index (κ1) is 15.8. The number of benzene rings is 1. The van der Waals surface area contributed by atoms with Crippen LogP contribution in [0.25, 0.3) is 0 Å². The van der Waals surface area contributed by atoms with Gasteiger partial charge in [-0.05, 0) is 12.1 Å². The summed E-state index contributed by atoms with van der Waals surface area (Å²) in [6.45, 7) is 7.89. The molecule has 0 N–H and O–H groups in total.